The second-order valence-electron chi connectivity index (χ2n) is 8.89. The fourth-order valence-electron chi connectivity index (χ4n) is 5.68. The molecule has 4 aromatic rings. The van der Waals surface area contributed by atoms with Gasteiger partial charge >= 0.3 is 5.69 Å². The molecule has 2 aromatic carbocycles. The molecule has 6 heteroatoms. The molecule has 4 heterocycles. The third-order valence-electron chi connectivity index (χ3n) is 7.11. The van der Waals surface area contributed by atoms with Crippen molar-refractivity contribution in [3.8, 4) is 0 Å². The van der Waals surface area contributed by atoms with Gasteiger partial charge in [0.1, 0.15) is 5.65 Å². The van der Waals surface area contributed by atoms with Crippen molar-refractivity contribution in [1.82, 2.24) is 13.7 Å². The van der Waals surface area contributed by atoms with E-state index in [2.05, 4.69) is 65.3 Å². The molecule has 6 rings (SSSR count). The van der Waals surface area contributed by atoms with Crippen molar-refractivity contribution in [1.29, 1.82) is 0 Å². The first-order chi connectivity index (χ1) is 15.0. The van der Waals surface area contributed by atoms with E-state index in [0.717, 1.165) is 17.9 Å². The van der Waals surface area contributed by atoms with Crippen LogP contribution in [0, 0.1) is 12.8 Å². The third kappa shape index (κ3) is 2.39. The molecule has 3 atom stereocenters. The Bertz CT molecular complexity index is 1480. The molecule has 0 spiro atoms. The quantitative estimate of drug-likeness (QED) is 0.522. The Morgan fingerprint density at radius 1 is 0.968 bits per heavy atom. The molecule has 2 aromatic heterocycles. The van der Waals surface area contributed by atoms with Gasteiger partial charge in [-0.15, -0.1) is 0 Å². The summed E-state index contributed by atoms with van der Waals surface area (Å²) in [4.78, 5) is 25.4. The fourth-order valence-corrected chi connectivity index (χ4v) is 5.68. The van der Waals surface area contributed by atoms with Crippen LogP contribution < -0.4 is 16.6 Å². The number of hydrogen-bond acceptors (Lipinski definition) is 3. The lowest BCUT2D eigenvalue weighted by Crippen LogP contribution is -2.37. The second-order valence-corrected chi connectivity index (χ2v) is 8.89. The number of nitrogens with one attached hydrogen (secondary N) is 1. The summed E-state index contributed by atoms with van der Waals surface area (Å²) in [5.74, 6) is 0.524. The minimum atomic E-state index is -0.292. The number of anilines is 1. The number of nitrogens with zero attached hydrogens (tertiary/aromatic N) is 3. The van der Waals surface area contributed by atoms with E-state index in [-0.39, 0.29) is 29.1 Å². The van der Waals surface area contributed by atoms with Gasteiger partial charge in [-0.1, -0.05) is 48.0 Å². The SMILES string of the molecule is Cc1ccc2c(c1)C(c1ccccc1)[C@@H]1Cn3c(cc4c(=O)n(C)c(=O)n(C)c43)[C@@H]1N2. The summed E-state index contributed by atoms with van der Waals surface area (Å²) in [6, 6.07) is 19.3. The lowest BCUT2D eigenvalue weighted by atomic mass is 9.74. The van der Waals surface area contributed by atoms with Gasteiger partial charge < -0.3 is 9.88 Å². The lowest BCUT2D eigenvalue weighted by Gasteiger charge is -2.37. The summed E-state index contributed by atoms with van der Waals surface area (Å²) >= 11 is 0. The highest BCUT2D eigenvalue weighted by molar-refractivity contribution is 5.78. The van der Waals surface area contributed by atoms with Gasteiger partial charge in [0.25, 0.3) is 5.56 Å². The zero-order valence-corrected chi connectivity index (χ0v) is 17.8. The molecule has 0 saturated heterocycles. The van der Waals surface area contributed by atoms with Crippen molar-refractivity contribution < 1.29 is 0 Å². The number of rotatable bonds is 1. The Morgan fingerprint density at radius 3 is 2.52 bits per heavy atom. The zero-order chi connectivity index (χ0) is 21.4. The molecule has 1 unspecified atom stereocenters. The molecule has 2 aliphatic rings. The average molecular weight is 412 g/mol. The third-order valence-corrected chi connectivity index (χ3v) is 7.11. The fraction of sp³-hybridized carbons (Fsp3) is 0.280. The van der Waals surface area contributed by atoms with E-state index in [4.69, 9.17) is 0 Å². The standard InChI is InChI=1S/C25H24N4O2/c1-14-9-10-19-16(11-14)21(15-7-5-4-6-8-15)18-13-29-20(22(18)26-19)12-17-23(29)27(2)25(31)28(3)24(17)30/h4-12,18,21-22,26H,13H2,1-3H3/t18-,21?,22+/m0/s1. The Balaban J connectivity index is 1.60. The summed E-state index contributed by atoms with van der Waals surface area (Å²) in [5.41, 5.74) is 6.26. The van der Waals surface area contributed by atoms with Crippen LogP contribution in [0.1, 0.15) is 34.3 Å². The summed E-state index contributed by atoms with van der Waals surface area (Å²) in [6.07, 6.45) is 0. The Kier molecular flexibility index (Phi) is 3.67. The van der Waals surface area contributed by atoms with E-state index in [9.17, 15) is 9.59 Å². The van der Waals surface area contributed by atoms with Crippen LogP contribution in [0.15, 0.2) is 64.2 Å². The van der Waals surface area contributed by atoms with E-state index < -0.39 is 0 Å². The highest BCUT2D eigenvalue weighted by Crippen LogP contribution is 2.52. The van der Waals surface area contributed by atoms with Gasteiger partial charge in [0, 0.05) is 43.9 Å². The molecule has 0 amide bonds. The number of hydrogen-bond donors (Lipinski definition) is 1. The number of aryl methyl sites for hydroxylation is 2. The molecule has 0 radical (unpaired) electrons. The maximum Gasteiger partial charge on any atom is 0.332 e. The van der Waals surface area contributed by atoms with E-state index in [0.29, 0.717) is 11.0 Å². The van der Waals surface area contributed by atoms with Crippen molar-refractivity contribution in [2.45, 2.75) is 25.4 Å². The van der Waals surface area contributed by atoms with Gasteiger partial charge in [-0.2, -0.15) is 0 Å². The number of fused-ring (bicyclic) bond motifs is 6. The van der Waals surface area contributed by atoms with Gasteiger partial charge in [0.15, 0.2) is 0 Å². The predicted molar refractivity (Wildman–Crippen MR) is 122 cm³/mol. The normalized spacial score (nSPS) is 21.5. The smallest absolute Gasteiger partial charge is 0.332 e. The minimum absolute atomic E-state index is 0.0765. The zero-order valence-electron chi connectivity index (χ0n) is 17.8. The second kappa shape index (κ2) is 6.23. The first-order valence-corrected chi connectivity index (χ1v) is 10.7. The molecular formula is C25H24N4O2. The van der Waals surface area contributed by atoms with Gasteiger partial charge in [-0.05, 0) is 30.2 Å². The average Bonchev–Trinajstić information content (AvgIpc) is 3.31. The maximum absolute atomic E-state index is 12.8. The van der Waals surface area contributed by atoms with Crippen molar-refractivity contribution in [3.63, 3.8) is 0 Å². The lowest BCUT2D eigenvalue weighted by molar-refractivity contribution is 0.402. The van der Waals surface area contributed by atoms with E-state index >= 15 is 0 Å². The maximum atomic E-state index is 12.8. The summed E-state index contributed by atoms with van der Waals surface area (Å²) < 4.78 is 4.97. The molecule has 1 N–H and O–H groups in total. The van der Waals surface area contributed by atoms with E-state index in [1.54, 1.807) is 18.7 Å². The van der Waals surface area contributed by atoms with Gasteiger partial charge in [-0.3, -0.25) is 13.9 Å². The molecule has 0 fully saturated rings. The van der Waals surface area contributed by atoms with Crippen molar-refractivity contribution in [3.05, 3.63) is 97.8 Å². The van der Waals surface area contributed by atoms with Crippen LogP contribution in [0.5, 0.6) is 0 Å². The first kappa shape index (κ1) is 18.2. The number of benzene rings is 2. The van der Waals surface area contributed by atoms with E-state index in [1.165, 1.54) is 21.3 Å². The van der Waals surface area contributed by atoms with Crippen LogP contribution in [-0.4, -0.2) is 13.7 Å². The van der Waals surface area contributed by atoms with Crippen molar-refractivity contribution >= 4 is 16.7 Å². The van der Waals surface area contributed by atoms with Crippen LogP contribution >= 0.6 is 0 Å². The molecule has 0 aliphatic carbocycles. The highest BCUT2D eigenvalue weighted by Gasteiger charge is 2.44. The van der Waals surface area contributed by atoms with Crippen LogP contribution in [0.2, 0.25) is 0 Å². The van der Waals surface area contributed by atoms with Crippen molar-refractivity contribution in [2.75, 3.05) is 5.32 Å². The molecule has 2 aliphatic heterocycles. The summed E-state index contributed by atoms with van der Waals surface area (Å²) in [7, 11) is 3.29. The van der Waals surface area contributed by atoms with Crippen LogP contribution in [0.3, 0.4) is 0 Å². The number of aromatic nitrogens is 3. The Labute approximate surface area is 179 Å². The summed E-state index contributed by atoms with van der Waals surface area (Å²) in [6.45, 7) is 2.88. The molecular weight excluding hydrogens is 388 g/mol. The van der Waals surface area contributed by atoms with Gasteiger partial charge in [0.2, 0.25) is 0 Å². The molecule has 0 saturated carbocycles. The predicted octanol–water partition coefficient (Wildman–Crippen LogP) is 3.28. The molecule has 156 valence electrons. The van der Waals surface area contributed by atoms with Gasteiger partial charge in [0.05, 0.1) is 11.4 Å². The highest BCUT2D eigenvalue weighted by atomic mass is 16.2. The molecule has 0 bridgehead atoms. The van der Waals surface area contributed by atoms with E-state index in [1.807, 2.05) is 6.07 Å². The topological polar surface area (TPSA) is 61.0 Å². The van der Waals surface area contributed by atoms with Crippen LogP contribution in [0.4, 0.5) is 5.69 Å². The minimum Gasteiger partial charge on any atom is -0.376 e. The molecule has 31 heavy (non-hydrogen) atoms. The van der Waals surface area contributed by atoms with Crippen LogP contribution in [0.25, 0.3) is 11.0 Å². The Hall–Kier alpha value is -3.54. The molecule has 6 nitrogen and oxygen atoms in total. The van der Waals surface area contributed by atoms with Crippen molar-refractivity contribution in [2.24, 2.45) is 20.0 Å². The summed E-state index contributed by atoms with van der Waals surface area (Å²) in [5, 5.41) is 4.36. The largest absolute Gasteiger partial charge is 0.376 e. The Morgan fingerprint density at radius 2 is 1.74 bits per heavy atom. The van der Waals surface area contributed by atoms with Gasteiger partial charge in [-0.25, -0.2) is 4.79 Å². The first-order valence-electron chi connectivity index (χ1n) is 10.7. The monoisotopic (exact) mass is 412 g/mol. The van der Waals surface area contributed by atoms with Crippen LogP contribution in [-0.2, 0) is 20.6 Å².